The summed E-state index contributed by atoms with van der Waals surface area (Å²) in [6.07, 6.45) is 3.79. The van der Waals surface area contributed by atoms with Crippen LogP contribution in [0.1, 0.15) is 12.8 Å². The van der Waals surface area contributed by atoms with Crippen LogP contribution in [0.4, 0.5) is 5.82 Å². The van der Waals surface area contributed by atoms with Crippen molar-refractivity contribution in [3.63, 3.8) is 0 Å². The van der Waals surface area contributed by atoms with Gasteiger partial charge in [0.2, 0.25) is 5.91 Å². The number of anilines is 1. The number of carbonyl (C=O) groups is 1. The SMILES string of the molecule is O=C(Nc1ccn(-c2ccccc2)n1)C1CCCN1. The predicted molar refractivity (Wildman–Crippen MR) is 73.2 cm³/mol. The van der Waals surface area contributed by atoms with Crippen LogP contribution in [0.5, 0.6) is 0 Å². The van der Waals surface area contributed by atoms with Crippen LogP contribution in [-0.4, -0.2) is 28.3 Å². The Balaban J connectivity index is 1.70. The van der Waals surface area contributed by atoms with Crippen molar-refractivity contribution in [2.45, 2.75) is 18.9 Å². The molecule has 1 atom stereocenters. The highest BCUT2D eigenvalue weighted by Gasteiger charge is 2.22. The van der Waals surface area contributed by atoms with Crippen molar-refractivity contribution in [1.29, 1.82) is 0 Å². The van der Waals surface area contributed by atoms with Gasteiger partial charge in [-0.2, -0.15) is 5.10 Å². The van der Waals surface area contributed by atoms with Crippen LogP contribution in [0, 0.1) is 0 Å². The van der Waals surface area contributed by atoms with Crippen molar-refractivity contribution in [3.8, 4) is 5.69 Å². The summed E-state index contributed by atoms with van der Waals surface area (Å²) in [6, 6.07) is 11.5. The maximum absolute atomic E-state index is 11.9. The number of rotatable bonds is 3. The van der Waals surface area contributed by atoms with E-state index in [1.54, 1.807) is 10.7 Å². The van der Waals surface area contributed by atoms with Crippen molar-refractivity contribution in [1.82, 2.24) is 15.1 Å². The Morgan fingerprint density at radius 1 is 1.32 bits per heavy atom. The van der Waals surface area contributed by atoms with Crippen LogP contribution in [0.3, 0.4) is 0 Å². The number of nitrogens with one attached hydrogen (secondary N) is 2. The Bertz CT molecular complexity index is 558. The Labute approximate surface area is 111 Å². The number of hydrogen-bond acceptors (Lipinski definition) is 3. The quantitative estimate of drug-likeness (QED) is 0.876. The number of hydrogen-bond donors (Lipinski definition) is 2. The molecule has 1 aliphatic heterocycles. The summed E-state index contributed by atoms with van der Waals surface area (Å²) < 4.78 is 1.75. The van der Waals surface area contributed by atoms with Gasteiger partial charge in [0.25, 0.3) is 0 Å². The van der Waals surface area contributed by atoms with E-state index in [0.29, 0.717) is 5.82 Å². The summed E-state index contributed by atoms with van der Waals surface area (Å²) in [5.41, 5.74) is 0.974. The Hall–Kier alpha value is -2.14. The van der Waals surface area contributed by atoms with Crippen LogP contribution in [0.2, 0.25) is 0 Å². The van der Waals surface area contributed by atoms with Gasteiger partial charge in [-0.1, -0.05) is 18.2 Å². The third-order valence-electron chi connectivity index (χ3n) is 3.24. The van der Waals surface area contributed by atoms with Crippen molar-refractivity contribution in [2.75, 3.05) is 11.9 Å². The number of para-hydroxylation sites is 1. The minimum absolute atomic E-state index is 0.00388. The molecule has 0 bridgehead atoms. The molecule has 1 aromatic heterocycles. The monoisotopic (exact) mass is 256 g/mol. The Morgan fingerprint density at radius 2 is 2.16 bits per heavy atom. The molecule has 1 aliphatic rings. The molecule has 19 heavy (non-hydrogen) atoms. The average molecular weight is 256 g/mol. The smallest absolute Gasteiger partial charge is 0.242 e. The molecule has 1 aromatic carbocycles. The van der Waals surface area contributed by atoms with E-state index in [9.17, 15) is 4.79 Å². The molecule has 1 unspecified atom stereocenters. The van der Waals surface area contributed by atoms with Crippen LogP contribution in [0.25, 0.3) is 5.69 Å². The van der Waals surface area contributed by atoms with Crippen LogP contribution in [-0.2, 0) is 4.79 Å². The predicted octanol–water partition coefficient (Wildman–Crippen LogP) is 1.56. The average Bonchev–Trinajstić information content (AvgIpc) is 3.11. The van der Waals surface area contributed by atoms with Crippen LogP contribution in [0.15, 0.2) is 42.6 Å². The fourth-order valence-corrected chi connectivity index (χ4v) is 2.24. The number of amides is 1. The molecule has 98 valence electrons. The fourth-order valence-electron chi connectivity index (χ4n) is 2.24. The van der Waals surface area contributed by atoms with Crippen molar-refractivity contribution < 1.29 is 4.79 Å². The molecular formula is C14H16N4O. The highest BCUT2D eigenvalue weighted by atomic mass is 16.2. The molecule has 5 nitrogen and oxygen atoms in total. The Kier molecular flexibility index (Phi) is 3.29. The van der Waals surface area contributed by atoms with E-state index in [2.05, 4.69) is 15.7 Å². The van der Waals surface area contributed by atoms with Gasteiger partial charge in [-0.25, -0.2) is 4.68 Å². The van der Waals surface area contributed by atoms with E-state index in [1.165, 1.54) is 0 Å². The second-order valence-corrected chi connectivity index (χ2v) is 4.62. The van der Waals surface area contributed by atoms with Gasteiger partial charge in [-0.05, 0) is 31.5 Å². The van der Waals surface area contributed by atoms with Crippen LogP contribution >= 0.6 is 0 Å². The van der Waals surface area contributed by atoms with Gasteiger partial charge in [0, 0.05) is 12.3 Å². The Morgan fingerprint density at radius 3 is 2.89 bits per heavy atom. The largest absolute Gasteiger partial charge is 0.308 e. The summed E-state index contributed by atoms with van der Waals surface area (Å²) in [4.78, 5) is 11.9. The van der Waals surface area contributed by atoms with Gasteiger partial charge < -0.3 is 10.6 Å². The molecule has 1 amide bonds. The molecule has 2 heterocycles. The van der Waals surface area contributed by atoms with E-state index < -0.39 is 0 Å². The van der Waals surface area contributed by atoms with E-state index in [4.69, 9.17) is 0 Å². The summed E-state index contributed by atoms with van der Waals surface area (Å²) >= 11 is 0. The lowest BCUT2D eigenvalue weighted by atomic mass is 10.2. The minimum Gasteiger partial charge on any atom is -0.308 e. The van der Waals surface area contributed by atoms with Gasteiger partial charge in [-0.3, -0.25) is 4.79 Å². The number of aromatic nitrogens is 2. The van der Waals surface area contributed by atoms with Crippen LogP contribution < -0.4 is 10.6 Å². The zero-order valence-corrected chi connectivity index (χ0v) is 10.5. The third-order valence-corrected chi connectivity index (χ3v) is 3.24. The molecule has 0 spiro atoms. The molecular weight excluding hydrogens is 240 g/mol. The lowest BCUT2D eigenvalue weighted by Crippen LogP contribution is -2.35. The first-order valence-corrected chi connectivity index (χ1v) is 6.48. The number of nitrogens with zero attached hydrogens (tertiary/aromatic N) is 2. The topological polar surface area (TPSA) is 59.0 Å². The first-order chi connectivity index (χ1) is 9.33. The summed E-state index contributed by atoms with van der Waals surface area (Å²) in [5, 5.41) is 10.4. The zero-order chi connectivity index (χ0) is 13.1. The zero-order valence-electron chi connectivity index (χ0n) is 10.5. The molecule has 0 saturated carbocycles. The van der Waals surface area contributed by atoms with E-state index in [1.807, 2.05) is 36.5 Å². The van der Waals surface area contributed by atoms with Gasteiger partial charge in [-0.15, -0.1) is 0 Å². The maximum Gasteiger partial charge on any atom is 0.242 e. The molecule has 2 N–H and O–H groups in total. The molecule has 1 fully saturated rings. The van der Waals surface area contributed by atoms with Gasteiger partial charge in [0.15, 0.2) is 5.82 Å². The highest BCUT2D eigenvalue weighted by molar-refractivity contribution is 5.94. The lowest BCUT2D eigenvalue weighted by Gasteiger charge is -2.08. The third kappa shape index (κ3) is 2.66. The van der Waals surface area contributed by atoms with Gasteiger partial charge in [0.1, 0.15) is 0 Å². The van der Waals surface area contributed by atoms with Crippen molar-refractivity contribution in [2.24, 2.45) is 0 Å². The van der Waals surface area contributed by atoms with Crippen molar-refractivity contribution in [3.05, 3.63) is 42.6 Å². The second kappa shape index (κ2) is 5.24. The maximum atomic E-state index is 11.9. The standard InChI is InChI=1S/C14H16N4O/c19-14(12-7-4-9-15-12)16-13-8-10-18(17-13)11-5-2-1-3-6-11/h1-3,5-6,8,10,12,15H,4,7,9H2,(H,16,17,19). The summed E-state index contributed by atoms with van der Waals surface area (Å²) in [7, 11) is 0. The minimum atomic E-state index is -0.0816. The van der Waals surface area contributed by atoms with E-state index >= 15 is 0 Å². The second-order valence-electron chi connectivity index (χ2n) is 4.62. The molecule has 5 heteroatoms. The molecule has 3 rings (SSSR count). The van der Waals surface area contributed by atoms with Crippen molar-refractivity contribution >= 4 is 11.7 Å². The van der Waals surface area contributed by atoms with Gasteiger partial charge >= 0.3 is 0 Å². The molecule has 0 aliphatic carbocycles. The first kappa shape index (κ1) is 11.9. The summed E-state index contributed by atoms with van der Waals surface area (Å²) in [5.74, 6) is 0.582. The number of carbonyl (C=O) groups excluding carboxylic acids is 1. The lowest BCUT2D eigenvalue weighted by molar-refractivity contribution is -0.117. The van der Waals surface area contributed by atoms with E-state index in [-0.39, 0.29) is 11.9 Å². The normalized spacial score (nSPS) is 18.4. The van der Waals surface area contributed by atoms with E-state index in [0.717, 1.165) is 25.1 Å². The van der Waals surface area contributed by atoms with Gasteiger partial charge in [0.05, 0.1) is 11.7 Å². The molecule has 1 saturated heterocycles. The first-order valence-electron chi connectivity index (χ1n) is 6.48. The molecule has 2 aromatic rings. The summed E-state index contributed by atoms with van der Waals surface area (Å²) in [6.45, 7) is 0.913. The highest BCUT2D eigenvalue weighted by Crippen LogP contribution is 2.12. The molecule has 0 radical (unpaired) electrons. The fraction of sp³-hybridized carbons (Fsp3) is 0.286. The number of benzene rings is 1.